The number of benzene rings is 2. The Kier molecular flexibility index (Phi) is 6.59. The monoisotopic (exact) mass is 561 g/mol. The lowest BCUT2D eigenvalue weighted by molar-refractivity contribution is -0.119. The number of carbonyl (C=O) groups excluding carboxylic acids is 2. The summed E-state index contributed by atoms with van der Waals surface area (Å²) >= 11 is 0. The average Bonchev–Trinajstić information content (AvgIpc) is 3.39. The summed E-state index contributed by atoms with van der Waals surface area (Å²) in [6.07, 6.45) is 3.63. The second-order valence-corrected chi connectivity index (χ2v) is 10.8. The van der Waals surface area contributed by atoms with E-state index in [4.69, 9.17) is 9.37 Å². The number of anilines is 1. The number of ether oxygens (including phenoxy) is 1. The minimum atomic E-state index is -1.23. The molecule has 212 valence electrons. The van der Waals surface area contributed by atoms with Crippen LogP contribution in [-0.2, 0) is 11.2 Å². The van der Waals surface area contributed by atoms with E-state index in [1.807, 2.05) is 32.2 Å². The van der Waals surface area contributed by atoms with Crippen LogP contribution < -0.4 is 15.4 Å². The van der Waals surface area contributed by atoms with Gasteiger partial charge < -0.3 is 20.4 Å². The van der Waals surface area contributed by atoms with Crippen molar-refractivity contribution in [2.24, 2.45) is 5.41 Å². The van der Waals surface area contributed by atoms with Crippen LogP contribution >= 0.6 is 0 Å². The Morgan fingerprint density at radius 2 is 1.90 bits per heavy atom. The van der Waals surface area contributed by atoms with E-state index in [0.717, 1.165) is 34.5 Å². The Balaban J connectivity index is 1.36. The first-order valence-electron chi connectivity index (χ1n) is 13.5. The van der Waals surface area contributed by atoms with Gasteiger partial charge in [-0.2, -0.15) is 0 Å². The fourth-order valence-corrected chi connectivity index (χ4v) is 5.90. The van der Waals surface area contributed by atoms with Gasteiger partial charge in [-0.05, 0) is 61.5 Å². The number of fused-ring (bicyclic) bond motifs is 1. The van der Waals surface area contributed by atoms with E-state index in [9.17, 15) is 14.0 Å². The molecule has 1 fully saturated rings. The number of halogens is 2. The highest BCUT2D eigenvalue weighted by atomic mass is 19.1. The van der Waals surface area contributed by atoms with Crippen molar-refractivity contribution >= 4 is 17.5 Å². The third kappa shape index (κ3) is 4.75. The molecule has 41 heavy (non-hydrogen) atoms. The summed E-state index contributed by atoms with van der Waals surface area (Å²) in [6.45, 7) is 5.96. The minimum absolute atomic E-state index is 0.0241. The maximum atomic E-state index is 15.4. The summed E-state index contributed by atoms with van der Waals surface area (Å²) in [4.78, 5) is 30.6. The zero-order valence-corrected chi connectivity index (χ0v) is 22.8. The van der Waals surface area contributed by atoms with E-state index in [1.165, 1.54) is 0 Å². The fourth-order valence-electron chi connectivity index (χ4n) is 5.90. The smallest absolute Gasteiger partial charge is 0.276 e. The molecule has 2 aliphatic rings. The Labute approximate surface area is 234 Å². The quantitative estimate of drug-likeness (QED) is 0.285. The van der Waals surface area contributed by atoms with E-state index in [1.54, 1.807) is 19.1 Å². The Morgan fingerprint density at radius 3 is 2.56 bits per heavy atom. The summed E-state index contributed by atoms with van der Waals surface area (Å²) in [5.74, 6) is -3.64. The van der Waals surface area contributed by atoms with Crippen LogP contribution in [0.3, 0.4) is 0 Å². The number of hydrogen-bond acceptors (Lipinski definition) is 6. The highest BCUT2D eigenvalue weighted by Crippen LogP contribution is 2.61. The van der Waals surface area contributed by atoms with Crippen molar-refractivity contribution in [3.05, 3.63) is 82.4 Å². The van der Waals surface area contributed by atoms with Crippen LogP contribution in [0, 0.1) is 30.9 Å². The van der Waals surface area contributed by atoms with Gasteiger partial charge in [0.15, 0.2) is 5.69 Å². The highest BCUT2D eigenvalue weighted by Gasteiger charge is 2.59. The molecule has 1 unspecified atom stereocenters. The summed E-state index contributed by atoms with van der Waals surface area (Å²) in [6, 6.07) is 7.99. The molecule has 0 saturated heterocycles. The van der Waals surface area contributed by atoms with Crippen LogP contribution in [0.15, 0.2) is 47.2 Å². The molecule has 9 nitrogen and oxygen atoms in total. The van der Waals surface area contributed by atoms with E-state index >= 15 is 4.39 Å². The SMILES string of the molecule is CCc1nonc1C(=O)N[C@H](C(=O)Nc1ccc(-c2c(C)c[nH]c2C)cc1)C1c2c(F)cc(F)cc2OCC12CC2. The van der Waals surface area contributed by atoms with Gasteiger partial charge >= 0.3 is 0 Å². The van der Waals surface area contributed by atoms with Crippen molar-refractivity contribution in [2.75, 3.05) is 11.9 Å². The lowest BCUT2D eigenvalue weighted by atomic mass is 9.75. The average molecular weight is 562 g/mol. The standard InChI is InChI=1S/C30H29F2N5O4/c1-4-21-26(37-41-36-21)28(38)35-27(25-24-20(32)11-18(31)12-22(24)40-14-30(25)9-10-30)29(39)34-19-7-5-17(6-8-19)23-15(2)13-33-16(23)3/h5-8,11-13,25,27,33H,4,9-10,14H2,1-3H3,(H,34,39)(H,35,38)/t25?,27-/m0/s1. The molecule has 1 aliphatic heterocycles. The number of H-pyrrole nitrogens is 1. The lowest BCUT2D eigenvalue weighted by Gasteiger charge is -2.38. The number of aromatic amines is 1. The van der Waals surface area contributed by atoms with Crippen molar-refractivity contribution in [1.82, 2.24) is 20.6 Å². The molecule has 3 N–H and O–H groups in total. The van der Waals surface area contributed by atoms with Gasteiger partial charge in [-0.15, -0.1) is 0 Å². The van der Waals surface area contributed by atoms with Crippen LogP contribution in [0.25, 0.3) is 11.1 Å². The number of aryl methyl sites for hydroxylation is 3. The summed E-state index contributed by atoms with van der Waals surface area (Å²) in [5.41, 5.74) is 4.44. The molecule has 0 bridgehead atoms. The molecule has 2 aromatic heterocycles. The van der Waals surface area contributed by atoms with Gasteiger partial charge in [-0.1, -0.05) is 24.2 Å². The number of nitrogens with zero attached hydrogens (tertiary/aromatic N) is 2. The summed E-state index contributed by atoms with van der Waals surface area (Å²) in [7, 11) is 0. The maximum absolute atomic E-state index is 15.4. The summed E-state index contributed by atoms with van der Waals surface area (Å²) < 4.78 is 40.0. The number of amides is 2. The van der Waals surface area contributed by atoms with Crippen molar-refractivity contribution in [3.8, 4) is 16.9 Å². The third-order valence-corrected chi connectivity index (χ3v) is 8.16. The van der Waals surface area contributed by atoms with Gasteiger partial charge in [0.1, 0.15) is 29.1 Å². The number of hydrogen-bond donors (Lipinski definition) is 3. The van der Waals surface area contributed by atoms with Gasteiger partial charge in [0.25, 0.3) is 5.91 Å². The highest BCUT2D eigenvalue weighted by molar-refractivity contribution is 6.01. The van der Waals surface area contributed by atoms with Gasteiger partial charge in [0.2, 0.25) is 5.91 Å². The van der Waals surface area contributed by atoms with Crippen LogP contribution in [0.1, 0.15) is 58.7 Å². The normalized spacial score (nSPS) is 17.4. The van der Waals surface area contributed by atoms with Crippen molar-refractivity contribution in [3.63, 3.8) is 0 Å². The largest absolute Gasteiger partial charge is 0.492 e. The van der Waals surface area contributed by atoms with Crippen molar-refractivity contribution in [2.45, 2.75) is 52.0 Å². The molecule has 0 radical (unpaired) electrons. The molecule has 1 saturated carbocycles. The number of rotatable bonds is 7. The van der Waals surface area contributed by atoms with E-state index in [-0.39, 0.29) is 23.6 Å². The molecule has 2 aromatic carbocycles. The van der Waals surface area contributed by atoms with Crippen LogP contribution in [-0.4, -0.2) is 39.8 Å². The summed E-state index contributed by atoms with van der Waals surface area (Å²) in [5, 5.41) is 13.1. The van der Waals surface area contributed by atoms with E-state index < -0.39 is 40.8 Å². The molecule has 3 heterocycles. The molecular weight excluding hydrogens is 532 g/mol. The van der Waals surface area contributed by atoms with Gasteiger partial charge in [-0.25, -0.2) is 13.4 Å². The Hall–Kier alpha value is -4.54. The number of aromatic nitrogens is 3. The predicted octanol–water partition coefficient (Wildman–Crippen LogP) is 5.22. The second kappa shape index (κ2) is 10.1. The molecule has 6 rings (SSSR count). The molecule has 11 heteroatoms. The minimum Gasteiger partial charge on any atom is -0.492 e. The van der Waals surface area contributed by atoms with Gasteiger partial charge in [0.05, 0.1) is 6.61 Å². The van der Waals surface area contributed by atoms with E-state index in [2.05, 4.69) is 25.9 Å². The second-order valence-electron chi connectivity index (χ2n) is 10.8. The van der Waals surface area contributed by atoms with Crippen LogP contribution in [0.2, 0.25) is 0 Å². The molecule has 1 aliphatic carbocycles. The first-order valence-corrected chi connectivity index (χ1v) is 13.5. The molecule has 1 spiro atoms. The van der Waals surface area contributed by atoms with Gasteiger partial charge in [-0.3, -0.25) is 9.59 Å². The van der Waals surface area contributed by atoms with Crippen LogP contribution in [0.5, 0.6) is 5.75 Å². The van der Waals surface area contributed by atoms with Gasteiger partial charge in [0, 0.05) is 52.2 Å². The first-order chi connectivity index (χ1) is 19.7. The topological polar surface area (TPSA) is 122 Å². The maximum Gasteiger partial charge on any atom is 0.276 e. The predicted molar refractivity (Wildman–Crippen MR) is 146 cm³/mol. The third-order valence-electron chi connectivity index (χ3n) is 8.16. The zero-order valence-electron chi connectivity index (χ0n) is 22.8. The molecule has 2 amide bonds. The molecule has 4 aromatic rings. The molecular formula is C30H29F2N5O4. The first kappa shape index (κ1) is 26.7. The van der Waals surface area contributed by atoms with Crippen molar-refractivity contribution < 1.29 is 27.7 Å². The van der Waals surface area contributed by atoms with E-state index in [0.29, 0.717) is 30.6 Å². The Morgan fingerprint density at radius 1 is 1.15 bits per heavy atom. The van der Waals surface area contributed by atoms with Crippen LogP contribution in [0.4, 0.5) is 14.5 Å². The lowest BCUT2D eigenvalue weighted by Crippen LogP contribution is -2.52. The fraction of sp³-hybridized carbons (Fsp3) is 0.333. The Bertz CT molecular complexity index is 1620. The zero-order chi connectivity index (χ0) is 28.9. The number of nitrogens with one attached hydrogen (secondary N) is 3. The molecule has 2 atom stereocenters. The number of carbonyl (C=O) groups is 2. The van der Waals surface area contributed by atoms with Crippen molar-refractivity contribution in [1.29, 1.82) is 0 Å².